The molecular formula is C17H28ClN3O. The molecule has 0 bridgehead atoms. The van der Waals surface area contributed by atoms with E-state index in [1.165, 1.54) is 12.8 Å². The van der Waals surface area contributed by atoms with E-state index in [2.05, 4.69) is 18.8 Å². The van der Waals surface area contributed by atoms with Crippen molar-refractivity contribution in [3.8, 4) is 0 Å². The van der Waals surface area contributed by atoms with Crippen molar-refractivity contribution in [2.24, 2.45) is 11.7 Å². The van der Waals surface area contributed by atoms with Crippen molar-refractivity contribution in [2.75, 3.05) is 0 Å². The Morgan fingerprint density at radius 3 is 2.73 bits per heavy atom. The molecule has 0 aromatic carbocycles. The van der Waals surface area contributed by atoms with Crippen LogP contribution in [0.3, 0.4) is 0 Å². The highest BCUT2D eigenvalue weighted by Gasteiger charge is 2.27. The van der Waals surface area contributed by atoms with Gasteiger partial charge < -0.3 is 10.6 Å². The molecule has 2 N–H and O–H groups in total. The van der Waals surface area contributed by atoms with E-state index >= 15 is 0 Å². The second-order valence-corrected chi connectivity index (χ2v) is 6.39. The fourth-order valence-electron chi connectivity index (χ4n) is 3.08. The lowest BCUT2D eigenvalue weighted by Crippen LogP contribution is -2.41. The van der Waals surface area contributed by atoms with Crippen LogP contribution >= 0.6 is 12.4 Å². The van der Waals surface area contributed by atoms with Crippen molar-refractivity contribution in [3.63, 3.8) is 0 Å². The Balaban J connectivity index is 0.00000242. The second-order valence-electron chi connectivity index (χ2n) is 6.39. The van der Waals surface area contributed by atoms with Gasteiger partial charge in [0, 0.05) is 37.4 Å². The molecule has 124 valence electrons. The summed E-state index contributed by atoms with van der Waals surface area (Å²) in [6.07, 6.45) is 8.72. The molecule has 1 heterocycles. The third-order valence-electron chi connectivity index (χ3n) is 4.42. The Hall–Kier alpha value is -1.13. The van der Waals surface area contributed by atoms with Gasteiger partial charge in [0.2, 0.25) is 5.91 Å². The average Bonchev–Trinajstić information content (AvgIpc) is 2.48. The summed E-state index contributed by atoms with van der Waals surface area (Å²) in [5.41, 5.74) is 7.25. The highest BCUT2D eigenvalue weighted by Crippen LogP contribution is 2.26. The highest BCUT2D eigenvalue weighted by atomic mass is 35.5. The molecule has 22 heavy (non-hydrogen) atoms. The summed E-state index contributed by atoms with van der Waals surface area (Å²) in [6.45, 7) is 4.76. The third-order valence-corrected chi connectivity index (χ3v) is 4.42. The molecule has 0 radical (unpaired) electrons. The summed E-state index contributed by atoms with van der Waals surface area (Å²) in [5, 5.41) is 0. The number of hydrogen-bond acceptors (Lipinski definition) is 3. The van der Waals surface area contributed by atoms with Gasteiger partial charge in [-0.25, -0.2) is 0 Å². The highest BCUT2D eigenvalue weighted by molar-refractivity contribution is 5.85. The van der Waals surface area contributed by atoms with Gasteiger partial charge in [0.05, 0.1) is 0 Å². The first-order valence-electron chi connectivity index (χ1n) is 8.02. The average molecular weight is 326 g/mol. The predicted octanol–water partition coefficient (Wildman–Crippen LogP) is 3.15. The molecular weight excluding hydrogens is 298 g/mol. The summed E-state index contributed by atoms with van der Waals surface area (Å²) in [4.78, 5) is 18.7. The summed E-state index contributed by atoms with van der Waals surface area (Å²) < 4.78 is 0. The van der Waals surface area contributed by atoms with Gasteiger partial charge in [-0.3, -0.25) is 9.78 Å². The smallest absolute Gasteiger partial charge is 0.223 e. The van der Waals surface area contributed by atoms with Crippen LogP contribution in [-0.4, -0.2) is 27.9 Å². The largest absolute Gasteiger partial charge is 0.336 e. The van der Waals surface area contributed by atoms with E-state index in [1.807, 2.05) is 23.2 Å². The first-order valence-corrected chi connectivity index (χ1v) is 8.02. The third kappa shape index (κ3) is 5.25. The fourth-order valence-corrected chi connectivity index (χ4v) is 3.08. The van der Waals surface area contributed by atoms with Crippen molar-refractivity contribution in [1.29, 1.82) is 0 Å². The van der Waals surface area contributed by atoms with E-state index in [-0.39, 0.29) is 30.4 Å². The molecule has 1 amide bonds. The molecule has 1 aromatic rings. The number of hydrogen-bond donors (Lipinski definition) is 1. The summed E-state index contributed by atoms with van der Waals surface area (Å²) in [7, 11) is 0. The molecule has 5 heteroatoms. The first kappa shape index (κ1) is 18.9. The van der Waals surface area contributed by atoms with E-state index in [1.54, 1.807) is 6.20 Å². The number of nitrogens with two attached hydrogens (primary N) is 1. The number of carbonyl (C=O) groups is 1. The molecule has 1 aromatic heterocycles. The van der Waals surface area contributed by atoms with Gasteiger partial charge >= 0.3 is 0 Å². The lowest BCUT2D eigenvalue weighted by molar-refractivity contribution is -0.135. The molecule has 1 aliphatic rings. The maximum absolute atomic E-state index is 12.7. The summed E-state index contributed by atoms with van der Waals surface area (Å²) in [6, 6.07) is 4.31. The minimum absolute atomic E-state index is 0. The minimum Gasteiger partial charge on any atom is -0.336 e. The molecule has 4 nitrogen and oxygen atoms in total. The Kier molecular flexibility index (Phi) is 7.83. The Morgan fingerprint density at radius 1 is 1.41 bits per heavy atom. The maximum Gasteiger partial charge on any atom is 0.223 e. The van der Waals surface area contributed by atoms with Gasteiger partial charge in [-0.05, 0) is 44.2 Å². The molecule has 0 aliphatic heterocycles. The molecule has 0 saturated heterocycles. The van der Waals surface area contributed by atoms with Crippen LogP contribution in [0.15, 0.2) is 24.5 Å². The zero-order valence-electron chi connectivity index (χ0n) is 13.6. The van der Waals surface area contributed by atoms with Gasteiger partial charge in [-0.15, -0.1) is 12.4 Å². The maximum atomic E-state index is 12.7. The number of nitrogens with zero attached hydrogens (tertiary/aromatic N) is 2. The number of pyridine rings is 1. The van der Waals surface area contributed by atoms with E-state index in [0.717, 1.165) is 18.4 Å². The number of amides is 1. The van der Waals surface area contributed by atoms with Crippen LogP contribution in [0.5, 0.6) is 0 Å². The van der Waals surface area contributed by atoms with E-state index in [4.69, 9.17) is 5.73 Å². The van der Waals surface area contributed by atoms with Crippen molar-refractivity contribution in [2.45, 2.75) is 64.6 Å². The predicted molar refractivity (Wildman–Crippen MR) is 91.7 cm³/mol. The molecule has 1 aliphatic carbocycles. The van der Waals surface area contributed by atoms with Gasteiger partial charge in [0.15, 0.2) is 0 Å². The normalized spacial score (nSPS) is 21.3. The fraction of sp³-hybridized carbons (Fsp3) is 0.647. The minimum atomic E-state index is 0. The van der Waals surface area contributed by atoms with Crippen molar-refractivity contribution in [1.82, 2.24) is 9.88 Å². The molecule has 1 fully saturated rings. The van der Waals surface area contributed by atoms with Gasteiger partial charge in [0.25, 0.3) is 0 Å². The second kappa shape index (κ2) is 9.11. The molecule has 1 saturated carbocycles. The number of carbonyl (C=O) groups excluding carboxylic acids is 1. The van der Waals surface area contributed by atoms with Gasteiger partial charge in [0.1, 0.15) is 0 Å². The standard InChI is InChI=1S/C17H27N3O.ClH/c1-13(2)20(12-14-6-5-9-19-11-14)17(21)10-15-7-3-4-8-16(15)18;/h5-6,9,11,13,15-16H,3-4,7-8,10,12,18H2,1-2H3;1H. The quantitative estimate of drug-likeness (QED) is 0.904. The van der Waals surface area contributed by atoms with Crippen LogP contribution in [0.1, 0.15) is 51.5 Å². The molecule has 0 spiro atoms. The monoisotopic (exact) mass is 325 g/mol. The SMILES string of the molecule is CC(C)N(Cc1cccnc1)C(=O)CC1CCCCC1N.Cl. The summed E-state index contributed by atoms with van der Waals surface area (Å²) in [5.74, 6) is 0.567. The number of rotatable bonds is 5. The Bertz CT molecular complexity index is 452. The Morgan fingerprint density at radius 2 is 2.14 bits per heavy atom. The number of aromatic nitrogens is 1. The van der Waals surface area contributed by atoms with E-state index in [9.17, 15) is 4.79 Å². The summed E-state index contributed by atoms with van der Waals surface area (Å²) >= 11 is 0. The van der Waals surface area contributed by atoms with Crippen molar-refractivity contribution < 1.29 is 4.79 Å². The lowest BCUT2D eigenvalue weighted by atomic mass is 9.82. The van der Waals surface area contributed by atoms with E-state index in [0.29, 0.717) is 18.9 Å². The van der Waals surface area contributed by atoms with Crippen molar-refractivity contribution >= 4 is 18.3 Å². The zero-order chi connectivity index (χ0) is 15.2. The first-order chi connectivity index (χ1) is 10.1. The van der Waals surface area contributed by atoms with Crippen LogP contribution in [0.25, 0.3) is 0 Å². The number of halogens is 1. The van der Waals surface area contributed by atoms with Crippen LogP contribution in [0.4, 0.5) is 0 Å². The van der Waals surface area contributed by atoms with Crippen LogP contribution < -0.4 is 5.73 Å². The lowest BCUT2D eigenvalue weighted by Gasteiger charge is -2.32. The van der Waals surface area contributed by atoms with Gasteiger partial charge in [-0.1, -0.05) is 18.9 Å². The zero-order valence-corrected chi connectivity index (χ0v) is 14.4. The van der Waals surface area contributed by atoms with E-state index < -0.39 is 0 Å². The van der Waals surface area contributed by atoms with Gasteiger partial charge in [-0.2, -0.15) is 0 Å². The van der Waals surface area contributed by atoms with Crippen LogP contribution in [-0.2, 0) is 11.3 Å². The van der Waals surface area contributed by atoms with Crippen LogP contribution in [0.2, 0.25) is 0 Å². The van der Waals surface area contributed by atoms with Crippen LogP contribution in [0, 0.1) is 5.92 Å². The molecule has 2 unspecified atom stereocenters. The molecule has 2 atom stereocenters. The topological polar surface area (TPSA) is 59.2 Å². The molecule has 2 rings (SSSR count). The Labute approximate surface area is 139 Å². The van der Waals surface area contributed by atoms with Crippen molar-refractivity contribution in [3.05, 3.63) is 30.1 Å².